The molecule has 3 heterocycles. The molecule has 0 spiro atoms. The molecular weight excluding hydrogens is 701 g/mol. The van der Waals surface area contributed by atoms with Gasteiger partial charge in [-0.2, -0.15) is 0 Å². The van der Waals surface area contributed by atoms with E-state index in [0.717, 1.165) is 44.6 Å². The van der Waals surface area contributed by atoms with E-state index in [4.69, 9.17) is 15.0 Å². The van der Waals surface area contributed by atoms with E-state index in [0.29, 0.717) is 22.7 Å². The van der Waals surface area contributed by atoms with E-state index in [1.165, 1.54) is 32.3 Å². The van der Waals surface area contributed by atoms with Crippen LogP contribution in [0.5, 0.6) is 0 Å². The predicted octanol–water partition coefficient (Wildman–Crippen LogP) is 13.0. The van der Waals surface area contributed by atoms with Gasteiger partial charge in [-0.3, -0.25) is 0 Å². The van der Waals surface area contributed by atoms with Gasteiger partial charge in [0, 0.05) is 54.7 Å². The maximum absolute atomic E-state index is 5.21. The molecule has 0 amide bonds. The molecule has 5 heteroatoms. The van der Waals surface area contributed by atoms with E-state index in [2.05, 4.69) is 162 Å². The molecule has 2 atom stereocenters. The molecule has 1 aliphatic heterocycles. The van der Waals surface area contributed by atoms with Gasteiger partial charge in [-0.25, -0.2) is 15.0 Å². The number of allylic oxidation sites excluding steroid dienone is 3. The largest absolute Gasteiger partial charge is 0.308 e. The van der Waals surface area contributed by atoms with E-state index in [1.807, 2.05) is 48.2 Å². The Morgan fingerprint density at radius 1 is 0.446 bits per heavy atom. The van der Waals surface area contributed by atoms with Crippen molar-refractivity contribution in [1.29, 1.82) is 0 Å². The number of para-hydroxylation sites is 1. The van der Waals surface area contributed by atoms with Crippen LogP contribution in [-0.4, -0.2) is 24.8 Å². The minimum Gasteiger partial charge on any atom is -0.308 e. The zero-order valence-electron chi connectivity index (χ0n) is 30.3. The highest BCUT2D eigenvalue weighted by Crippen LogP contribution is 2.53. The van der Waals surface area contributed by atoms with Crippen LogP contribution in [0.15, 0.2) is 199 Å². The fraction of sp³-hybridized carbons (Fsp3) is 0.0392. The Labute approximate surface area is 329 Å². The number of rotatable bonds is 6. The van der Waals surface area contributed by atoms with Crippen LogP contribution in [0, 0.1) is 0 Å². The summed E-state index contributed by atoms with van der Waals surface area (Å²) in [6.45, 7) is 0. The first-order valence-electron chi connectivity index (χ1n) is 19.0. The molecule has 0 saturated heterocycles. The normalized spacial score (nSPS) is 15.6. The number of thioether (sulfide) groups is 1. The van der Waals surface area contributed by atoms with Gasteiger partial charge in [-0.15, -0.1) is 11.8 Å². The van der Waals surface area contributed by atoms with E-state index in [9.17, 15) is 0 Å². The molecule has 0 radical (unpaired) electrons. The first-order valence-corrected chi connectivity index (χ1v) is 19.9. The first kappa shape index (κ1) is 32.6. The van der Waals surface area contributed by atoms with Gasteiger partial charge in [0.2, 0.25) is 0 Å². The molecule has 0 N–H and O–H groups in total. The molecule has 7 aromatic carbocycles. The Morgan fingerprint density at radius 3 is 1.54 bits per heavy atom. The summed E-state index contributed by atoms with van der Waals surface area (Å²) in [6.07, 6.45) is 9.15. The van der Waals surface area contributed by atoms with Gasteiger partial charge in [0.1, 0.15) is 0 Å². The van der Waals surface area contributed by atoms with Gasteiger partial charge in [-0.1, -0.05) is 170 Å². The standard InChI is InChI=1S/C51H34N4S/c1-5-17-33(18-6-1)41-31-37(51-53-49(35-21-9-3-10-22-35)52-50(54-51)36-23-11-4-12-24-36)32-42(34-19-7-2-8-20-34)47(41)55-43-27-15-13-25-38(43)39-29-30-45-46(48(39)55)40-26-14-16-28-44(40)56-45/h1-32,40,44H. The van der Waals surface area contributed by atoms with Gasteiger partial charge in [0.05, 0.1) is 16.7 Å². The molecule has 2 aromatic heterocycles. The topological polar surface area (TPSA) is 43.6 Å². The molecular formula is C51H34N4S. The Hall–Kier alpha value is -6.82. The minimum absolute atomic E-state index is 0.282. The fourth-order valence-electron chi connectivity index (χ4n) is 8.45. The van der Waals surface area contributed by atoms with E-state index >= 15 is 0 Å². The summed E-state index contributed by atoms with van der Waals surface area (Å²) in [7, 11) is 0. The number of nitrogens with zero attached hydrogens (tertiary/aromatic N) is 4. The highest BCUT2D eigenvalue weighted by Gasteiger charge is 2.35. The second-order valence-corrected chi connectivity index (χ2v) is 15.5. The first-order chi connectivity index (χ1) is 27.8. The van der Waals surface area contributed by atoms with Gasteiger partial charge in [0.25, 0.3) is 0 Å². The van der Waals surface area contributed by atoms with Crippen LogP contribution < -0.4 is 0 Å². The highest BCUT2D eigenvalue weighted by atomic mass is 32.2. The lowest BCUT2D eigenvalue weighted by Gasteiger charge is -2.23. The second kappa shape index (κ2) is 13.5. The number of hydrogen-bond acceptors (Lipinski definition) is 4. The van der Waals surface area contributed by atoms with Crippen molar-refractivity contribution < 1.29 is 0 Å². The van der Waals surface area contributed by atoms with E-state index in [1.54, 1.807) is 0 Å². The third-order valence-corrected chi connectivity index (χ3v) is 12.3. The molecule has 0 bridgehead atoms. The molecule has 11 rings (SSSR count). The lowest BCUT2D eigenvalue weighted by atomic mass is 9.90. The predicted molar refractivity (Wildman–Crippen MR) is 232 cm³/mol. The third-order valence-electron chi connectivity index (χ3n) is 11.0. The maximum atomic E-state index is 5.21. The maximum Gasteiger partial charge on any atom is 0.164 e. The Bertz CT molecular complexity index is 2870. The van der Waals surface area contributed by atoms with Gasteiger partial charge in [-0.05, 0) is 41.0 Å². The van der Waals surface area contributed by atoms with Gasteiger partial charge in [0.15, 0.2) is 17.5 Å². The van der Waals surface area contributed by atoms with Crippen LogP contribution in [0.4, 0.5) is 0 Å². The van der Waals surface area contributed by atoms with Crippen LogP contribution >= 0.6 is 11.8 Å². The van der Waals surface area contributed by atoms with Crippen LogP contribution in [0.3, 0.4) is 0 Å². The quantitative estimate of drug-likeness (QED) is 0.171. The van der Waals surface area contributed by atoms with Crippen molar-refractivity contribution in [2.24, 2.45) is 0 Å². The summed E-state index contributed by atoms with van der Waals surface area (Å²) >= 11 is 1.97. The molecule has 1 aliphatic carbocycles. The van der Waals surface area contributed by atoms with Crippen LogP contribution in [0.1, 0.15) is 11.5 Å². The van der Waals surface area contributed by atoms with Crippen molar-refractivity contribution in [1.82, 2.24) is 19.5 Å². The van der Waals surface area contributed by atoms with Gasteiger partial charge >= 0.3 is 0 Å². The molecule has 9 aromatic rings. The average molecular weight is 735 g/mol. The number of hydrogen-bond donors (Lipinski definition) is 0. The number of aromatic nitrogens is 4. The third kappa shape index (κ3) is 5.43. The molecule has 2 unspecified atom stereocenters. The van der Waals surface area contributed by atoms with E-state index < -0.39 is 0 Å². The van der Waals surface area contributed by atoms with Crippen molar-refractivity contribution in [3.63, 3.8) is 0 Å². The Morgan fingerprint density at radius 2 is 0.946 bits per heavy atom. The lowest BCUT2D eigenvalue weighted by Crippen LogP contribution is -2.09. The summed E-state index contributed by atoms with van der Waals surface area (Å²) < 4.78 is 2.56. The summed E-state index contributed by atoms with van der Waals surface area (Å²) in [5.41, 5.74) is 12.2. The lowest BCUT2D eigenvalue weighted by molar-refractivity contribution is 0.883. The monoisotopic (exact) mass is 734 g/mol. The number of benzene rings is 7. The summed E-state index contributed by atoms with van der Waals surface area (Å²) in [5.74, 6) is 2.19. The van der Waals surface area contributed by atoms with Gasteiger partial charge < -0.3 is 4.57 Å². The van der Waals surface area contributed by atoms with Crippen LogP contribution in [0.25, 0.3) is 83.9 Å². The zero-order valence-corrected chi connectivity index (χ0v) is 31.1. The van der Waals surface area contributed by atoms with Crippen LogP contribution in [-0.2, 0) is 0 Å². The minimum atomic E-state index is 0.282. The molecule has 2 aliphatic rings. The molecule has 0 fully saturated rings. The zero-order chi connectivity index (χ0) is 37.0. The Kier molecular flexibility index (Phi) is 7.85. The molecule has 264 valence electrons. The van der Waals surface area contributed by atoms with Crippen molar-refractivity contribution in [3.8, 4) is 62.1 Å². The van der Waals surface area contributed by atoms with Crippen molar-refractivity contribution >= 4 is 33.6 Å². The fourth-order valence-corrected chi connectivity index (χ4v) is 9.79. The smallest absolute Gasteiger partial charge is 0.164 e. The second-order valence-electron chi connectivity index (χ2n) is 14.3. The van der Waals surface area contributed by atoms with Crippen molar-refractivity contribution in [3.05, 3.63) is 200 Å². The highest BCUT2D eigenvalue weighted by molar-refractivity contribution is 8.00. The molecule has 4 nitrogen and oxygen atoms in total. The Balaban J connectivity index is 1.27. The number of fused-ring (bicyclic) bond motifs is 7. The van der Waals surface area contributed by atoms with Crippen molar-refractivity contribution in [2.75, 3.05) is 0 Å². The van der Waals surface area contributed by atoms with Crippen LogP contribution in [0.2, 0.25) is 0 Å². The molecule has 56 heavy (non-hydrogen) atoms. The SMILES string of the molecule is C1=CC2Sc3ccc4c5ccccc5n(-c5c(-c6ccccc6)cc(-c6nc(-c7ccccc7)nc(-c7ccccc7)n6)cc5-c5ccccc5)c4c3C2C=C1. The summed E-state index contributed by atoms with van der Waals surface area (Å²) in [6, 6.07) is 60.1. The van der Waals surface area contributed by atoms with Crippen molar-refractivity contribution in [2.45, 2.75) is 16.1 Å². The summed E-state index contributed by atoms with van der Waals surface area (Å²) in [4.78, 5) is 16.8. The van der Waals surface area contributed by atoms with E-state index in [-0.39, 0.29) is 5.92 Å². The average Bonchev–Trinajstić information content (AvgIpc) is 3.83. The summed E-state index contributed by atoms with van der Waals surface area (Å²) in [5, 5.41) is 2.88. The molecule has 0 saturated carbocycles.